The molecule has 102 valence electrons. The molecule has 6 nitrogen and oxygen atoms in total. The quantitative estimate of drug-likeness (QED) is 0.777. The van der Waals surface area contributed by atoms with E-state index in [9.17, 15) is 9.59 Å². The van der Waals surface area contributed by atoms with Crippen LogP contribution >= 0.6 is 0 Å². The zero-order valence-electron chi connectivity index (χ0n) is 11.4. The third-order valence-corrected chi connectivity index (χ3v) is 2.63. The van der Waals surface area contributed by atoms with Crippen molar-refractivity contribution in [1.82, 2.24) is 9.80 Å². The molecule has 1 unspecified atom stereocenters. The predicted octanol–water partition coefficient (Wildman–Crippen LogP) is 1.38. The summed E-state index contributed by atoms with van der Waals surface area (Å²) in [5, 5.41) is 17.4. The van der Waals surface area contributed by atoms with Crippen molar-refractivity contribution in [2.45, 2.75) is 33.2 Å². The monoisotopic (exact) mass is 255 g/mol. The maximum atomic E-state index is 12.1. The first-order chi connectivity index (χ1) is 8.31. The van der Waals surface area contributed by atoms with E-state index in [1.54, 1.807) is 18.9 Å². The second-order valence-electron chi connectivity index (χ2n) is 4.60. The second kappa shape index (κ2) is 7.54. The summed E-state index contributed by atoms with van der Waals surface area (Å²) in [5.41, 5.74) is 0. The molecule has 0 aliphatic carbocycles. The number of urea groups is 1. The molecule has 0 spiro atoms. The fraction of sp³-hybridized carbons (Fsp3) is 0.750. The van der Waals surface area contributed by atoms with E-state index in [-0.39, 0.29) is 25.0 Å². The highest BCUT2D eigenvalue weighted by molar-refractivity contribution is 5.76. The lowest BCUT2D eigenvalue weighted by Gasteiger charge is -2.31. The van der Waals surface area contributed by atoms with Crippen LogP contribution in [0, 0.1) is 17.2 Å². The number of carboxylic acids is 1. The van der Waals surface area contributed by atoms with Crippen molar-refractivity contribution in [3.63, 3.8) is 0 Å². The molecule has 0 bridgehead atoms. The number of hydrogen-bond acceptors (Lipinski definition) is 3. The van der Waals surface area contributed by atoms with Crippen LogP contribution in [0.4, 0.5) is 4.79 Å². The van der Waals surface area contributed by atoms with Crippen LogP contribution in [0.15, 0.2) is 0 Å². The minimum atomic E-state index is -0.928. The summed E-state index contributed by atoms with van der Waals surface area (Å²) in [4.78, 5) is 25.8. The van der Waals surface area contributed by atoms with Gasteiger partial charge in [0, 0.05) is 26.2 Å². The molecular formula is C12H21N3O3. The summed E-state index contributed by atoms with van der Waals surface area (Å²) < 4.78 is 0. The highest BCUT2D eigenvalue weighted by Crippen LogP contribution is 2.07. The number of aliphatic carboxylic acids is 1. The average molecular weight is 255 g/mol. The largest absolute Gasteiger partial charge is 0.481 e. The van der Waals surface area contributed by atoms with Crippen LogP contribution in [-0.2, 0) is 4.79 Å². The van der Waals surface area contributed by atoms with E-state index >= 15 is 0 Å². The topological polar surface area (TPSA) is 84.6 Å². The Morgan fingerprint density at radius 1 is 1.33 bits per heavy atom. The first kappa shape index (κ1) is 16.2. The highest BCUT2D eigenvalue weighted by Gasteiger charge is 2.23. The van der Waals surface area contributed by atoms with Gasteiger partial charge in [-0.15, -0.1) is 0 Å². The molecule has 0 saturated carbocycles. The van der Waals surface area contributed by atoms with Crippen molar-refractivity contribution in [2.24, 2.45) is 5.92 Å². The minimum absolute atomic E-state index is 0.0200. The number of hydrogen-bond donors (Lipinski definition) is 1. The lowest BCUT2D eigenvalue weighted by atomic mass is 10.2. The van der Waals surface area contributed by atoms with E-state index in [0.717, 1.165) is 0 Å². The van der Waals surface area contributed by atoms with Crippen molar-refractivity contribution in [1.29, 1.82) is 5.26 Å². The maximum Gasteiger partial charge on any atom is 0.320 e. The lowest BCUT2D eigenvalue weighted by molar-refractivity contribution is -0.141. The molecule has 6 heteroatoms. The van der Waals surface area contributed by atoms with Crippen LogP contribution in [-0.4, -0.2) is 53.1 Å². The standard InChI is InChI=1S/C12H21N3O3/c1-9(2)15(7-5-6-13)12(18)14(4)8-10(3)11(16)17/h9-10H,5,7-8H2,1-4H3,(H,16,17). The van der Waals surface area contributed by atoms with Gasteiger partial charge in [0.05, 0.1) is 18.4 Å². The molecule has 18 heavy (non-hydrogen) atoms. The fourth-order valence-electron chi connectivity index (χ4n) is 1.53. The van der Waals surface area contributed by atoms with Gasteiger partial charge < -0.3 is 14.9 Å². The molecule has 1 atom stereocenters. The molecule has 2 amide bonds. The average Bonchev–Trinajstić information content (AvgIpc) is 2.28. The van der Waals surface area contributed by atoms with Crippen molar-refractivity contribution in [2.75, 3.05) is 20.1 Å². The smallest absolute Gasteiger partial charge is 0.320 e. The van der Waals surface area contributed by atoms with Gasteiger partial charge in [0.25, 0.3) is 0 Å². The van der Waals surface area contributed by atoms with Gasteiger partial charge in [0.15, 0.2) is 0 Å². The molecule has 0 aromatic carbocycles. The Hall–Kier alpha value is -1.77. The van der Waals surface area contributed by atoms with Crippen LogP contribution < -0.4 is 0 Å². The Labute approximate surface area is 108 Å². The van der Waals surface area contributed by atoms with Crippen molar-refractivity contribution >= 4 is 12.0 Å². The van der Waals surface area contributed by atoms with Crippen LogP contribution in [0.1, 0.15) is 27.2 Å². The Bertz CT molecular complexity index is 336. The van der Waals surface area contributed by atoms with Crippen LogP contribution in [0.2, 0.25) is 0 Å². The van der Waals surface area contributed by atoms with Gasteiger partial charge >= 0.3 is 12.0 Å². The SMILES string of the molecule is CC(CN(C)C(=O)N(CCC#N)C(C)C)C(=O)O. The zero-order valence-corrected chi connectivity index (χ0v) is 11.4. The molecule has 0 radical (unpaired) electrons. The molecule has 0 fully saturated rings. The molecule has 0 rings (SSSR count). The normalized spacial score (nSPS) is 11.8. The number of carbonyl (C=O) groups excluding carboxylic acids is 1. The molecule has 0 aliphatic rings. The number of amides is 2. The van der Waals surface area contributed by atoms with Crippen LogP contribution in [0.5, 0.6) is 0 Å². The van der Waals surface area contributed by atoms with Crippen LogP contribution in [0.3, 0.4) is 0 Å². The Morgan fingerprint density at radius 3 is 2.28 bits per heavy atom. The van der Waals surface area contributed by atoms with Gasteiger partial charge in [0.2, 0.25) is 0 Å². The second-order valence-corrected chi connectivity index (χ2v) is 4.60. The van der Waals surface area contributed by atoms with Gasteiger partial charge in [-0.2, -0.15) is 5.26 Å². The van der Waals surface area contributed by atoms with E-state index in [0.29, 0.717) is 6.54 Å². The van der Waals surface area contributed by atoms with E-state index < -0.39 is 11.9 Å². The minimum Gasteiger partial charge on any atom is -0.481 e. The van der Waals surface area contributed by atoms with Crippen molar-refractivity contribution < 1.29 is 14.7 Å². The van der Waals surface area contributed by atoms with E-state index in [2.05, 4.69) is 0 Å². The number of nitrogens with zero attached hydrogens (tertiary/aromatic N) is 3. The van der Waals surface area contributed by atoms with E-state index in [1.165, 1.54) is 4.90 Å². The molecule has 1 N–H and O–H groups in total. The van der Waals surface area contributed by atoms with Gasteiger partial charge in [-0.05, 0) is 13.8 Å². The first-order valence-corrected chi connectivity index (χ1v) is 5.92. The van der Waals surface area contributed by atoms with Gasteiger partial charge in [-0.25, -0.2) is 4.79 Å². The van der Waals surface area contributed by atoms with Gasteiger partial charge in [0.1, 0.15) is 0 Å². The highest BCUT2D eigenvalue weighted by atomic mass is 16.4. The molecule has 0 aromatic heterocycles. The van der Waals surface area contributed by atoms with E-state index in [1.807, 2.05) is 19.9 Å². The summed E-state index contributed by atoms with van der Waals surface area (Å²) in [6, 6.07) is 1.74. The lowest BCUT2D eigenvalue weighted by Crippen LogP contribution is -2.47. The summed E-state index contributed by atoms with van der Waals surface area (Å²) in [7, 11) is 1.57. The molecule has 0 aliphatic heterocycles. The zero-order chi connectivity index (χ0) is 14.3. The summed E-state index contributed by atoms with van der Waals surface area (Å²) in [6.07, 6.45) is 0.270. The Balaban J connectivity index is 4.57. The Morgan fingerprint density at radius 2 is 1.89 bits per heavy atom. The summed E-state index contributed by atoms with van der Waals surface area (Å²) in [5.74, 6) is -1.54. The number of carbonyl (C=O) groups is 2. The predicted molar refractivity (Wildman–Crippen MR) is 66.9 cm³/mol. The van der Waals surface area contributed by atoms with Crippen LogP contribution in [0.25, 0.3) is 0 Å². The van der Waals surface area contributed by atoms with Gasteiger partial charge in [-0.3, -0.25) is 4.79 Å². The van der Waals surface area contributed by atoms with Crippen molar-refractivity contribution in [3.8, 4) is 6.07 Å². The fourth-order valence-corrected chi connectivity index (χ4v) is 1.53. The summed E-state index contributed by atoms with van der Waals surface area (Å²) in [6.45, 7) is 5.80. The number of rotatable bonds is 6. The van der Waals surface area contributed by atoms with Gasteiger partial charge in [-0.1, -0.05) is 6.92 Å². The third kappa shape index (κ3) is 5.04. The molecular weight excluding hydrogens is 234 g/mol. The molecule has 0 heterocycles. The number of carboxylic acid groups (broad SMARTS) is 1. The molecule has 0 saturated heterocycles. The summed E-state index contributed by atoms with van der Waals surface area (Å²) >= 11 is 0. The number of nitriles is 1. The third-order valence-electron chi connectivity index (χ3n) is 2.63. The van der Waals surface area contributed by atoms with Crippen molar-refractivity contribution in [3.05, 3.63) is 0 Å². The molecule has 0 aromatic rings. The first-order valence-electron chi connectivity index (χ1n) is 5.92. The Kier molecular flexibility index (Phi) is 6.79. The van der Waals surface area contributed by atoms with E-state index in [4.69, 9.17) is 10.4 Å². The maximum absolute atomic E-state index is 12.1.